The predicted octanol–water partition coefficient (Wildman–Crippen LogP) is 3.23. The zero-order chi connectivity index (χ0) is 16.9. The van der Waals surface area contributed by atoms with E-state index in [2.05, 4.69) is 40.2 Å². The Bertz CT molecular complexity index is 637. The molecule has 2 amide bonds. The molecule has 0 fully saturated rings. The second-order valence-electron chi connectivity index (χ2n) is 6.30. The lowest BCUT2D eigenvalue weighted by molar-refractivity contribution is 0.245. The summed E-state index contributed by atoms with van der Waals surface area (Å²) < 4.78 is 4.95. The van der Waals surface area contributed by atoms with E-state index in [1.165, 1.54) is 5.56 Å². The average molecular weight is 316 g/mol. The van der Waals surface area contributed by atoms with Gasteiger partial charge in [-0.25, -0.2) is 4.79 Å². The van der Waals surface area contributed by atoms with E-state index < -0.39 is 0 Å². The molecule has 2 rings (SSSR count). The number of anilines is 1. The summed E-state index contributed by atoms with van der Waals surface area (Å²) in [5.41, 5.74) is 1.67. The minimum atomic E-state index is -0.316. The SMILES string of the molecule is Cc1cc(NC(=O)NCC(C)(C)N[C@@H](C)c2ccccc2)on1. The van der Waals surface area contributed by atoms with Gasteiger partial charge >= 0.3 is 6.03 Å². The number of nitrogens with zero attached hydrogens (tertiary/aromatic N) is 1. The Kier molecular flexibility index (Phi) is 5.39. The van der Waals surface area contributed by atoms with E-state index in [4.69, 9.17) is 4.52 Å². The molecule has 0 saturated heterocycles. The molecule has 1 aromatic heterocycles. The van der Waals surface area contributed by atoms with Crippen molar-refractivity contribution in [2.24, 2.45) is 0 Å². The molecular formula is C17H24N4O2. The molecule has 0 aliphatic carbocycles. The molecule has 6 nitrogen and oxygen atoms in total. The number of hydrogen-bond donors (Lipinski definition) is 3. The largest absolute Gasteiger partial charge is 0.338 e. The standard InChI is InChI=1S/C17H24N4O2/c1-12-10-15(23-21-12)19-16(22)18-11-17(3,4)20-13(2)14-8-6-5-7-9-14/h5-10,13,20H,11H2,1-4H3,(H2,18,19,22)/t13-/m0/s1. The van der Waals surface area contributed by atoms with Crippen LogP contribution in [0.4, 0.5) is 10.7 Å². The van der Waals surface area contributed by atoms with E-state index in [9.17, 15) is 4.79 Å². The predicted molar refractivity (Wildman–Crippen MR) is 90.3 cm³/mol. The minimum Gasteiger partial charge on any atom is -0.338 e. The molecule has 3 N–H and O–H groups in total. The Morgan fingerprint density at radius 2 is 2.00 bits per heavy atom. The number of rotatable bonds is 6. The Balaban J connectivity index is 1.82. The third kappa shape index (κ3) is 5.41. The number of hydrogen-bond acceptors (Lipinski definition) is 4. The molecule has 1 aromatic carbocycles. The molecule has 0 spiro atoms. The third-order valence-corrected chi connectivity index (χ3v) is 3.46. The highest BCUT2D eigenvalue weighted by Crippen LogP contribution is 2.15. The first kappa shape index (κ1) is 17.0. The van der Waals surface area contributed by atoms with Gasteiger partial charge < -0.3 is 15.2 Å². The lowest BCUT2D eigenvalue weighted by Gasteiger charge is -2.30. The molecule has 0 bridgehead atoms. The van der Waals surface area contributed by atoms with Crippen molar-refractivity contribution in [3.05, 3.63) is 47.7 Å². The number of carbonyl (C=O) groups excluding carboxylic acids is 1. The van der Waals surface area contributed by atoms with Gasteiger partial charge in [-0.15, -0.1) is 0 Å². The zero-order valence-electron chi connectivity index (χ0n) is 14.0. The van der Waals surface area contributed by atoms with Crippen LogP contribution in [0.3, 0.4) is 0 Å². The summed E-state index contributed by atoms with van der Waals surface area (Å²) in [6.07, 6.45) is 0. The fourth-order valence-electron chi connectivity index (χ4n) is 2.34. The molecule has 124 valence electrons. The van der Waals surface area contributed by atoms with Gasteiger partial charge in [0.1, 0.15) is 0 Å². The van der Waals surface area contributed by atoms with E-state index in [1.807, 2.05) is 32.0 Å². The molecule has 0 radical (unpaired) electrons. The zero-order valence-corrected chi connectivity index (χ0v) is 14.0. The second-order valence-corrected chi connectivity index (χ2v) is 6.30. The molecule has 23 heavy (non-hydrogen) atoms. The second kappa shape index (κ2) is 7.28. The van der Waals surface area contributed by atoms with Crippen LogP contribution in [0.15, 0.2) is 40.9 Å². The van der Waals surface area contributed by atoms with E-state index in [0.717, 1.165) is 5.69 Å². The quantitative estimate of drug-likeness (QED) is 0.764. The van der Waals surface area contributed by atoms with Crippen molar-refractivity contribution in [3.63, 3.8) is 0 Å². The fraction of sp³-hybridized carbons (Fsp3) is 0.412. The smallest absolute Gasteiger partial charge is 0.321 e. The Morgan fingerprint density at radius 3 is 2.61 bits per heavy atom. The highest BCUT2D eigenvalue weighted by Gasteiger charge is 2.21. The van der Waals surface area contributed by atoms with E-state index in [1.54, 1.807) is 13.0 Å². The summed E-state index contributed by atoms with van der Waals surface area (Å²) in [6.45, 7) is 8.47. The normalized spacial score (nSPS) is 12.7. The molecule has 2 aromatic rings. The number of carbonyl (C=O) groups is 1. The molecule has 0 unspecified atom stereocenters. The van der Waals surface area contributed by atoms with Crippen molar-refractivity contribution in [3.8, 4) is 0 Å². The maximum atomic E-state index is 11.9. The van der Waals surface area contributed by atoms with Crippen LogP contribution >= 0.6 is 0 Å². The van der Waals surface area contributed by atoms with Crippen LogP contribution in [0.5, 0.6) is 0 Å². The molecular weight excluding hydrogens is 292 g/mol. The summed E-state index contributed by atoms with van der Waals surface area (Å²) in [6, 6.07) is 11.7. The Labute approximate surface area is 136 Å². The van der Waals surface area contributed by atoms with Crippen molar-refractivity contribution in [1.29, 1.82) is 0 Å². The number of urea groups is 1. The van der Waals surface area contributed by atoms with Crippen molar-refractivity contribution in [2.45, 2.75) is 39.3 Å². The van der Waals surface area contributed by atoms with Gasteiger partial charge in [0, 0.05) is 24.2 Å². The first-order chi connectivity index (χ1) is 10.9. The number of aromatic nitrogens is 1. The molecule has 0 saturated carbocycles. The van der Waals surface area contributed by atoms with Crippen LogP contribution in [0.1, 0.15) is 38.1 Å². The maximum absolute atomic E-state index is 11.9. The van der Waals surface area contributed by atoms with Crippen molar-refractivity contribution >= 4 is 11.9 Å². The summed E-state index contributed by atoms with van der Waals surface area (Å²) in [4.78, 5) is 11.9. The highest BCUT2D eigenvalue weighted by molar-refractivity contribution is 5.87. The first-order valence-corrected chi connectivity index (χ1v) is 7.66. The van der Waals surface area contributed by atoms with Crippen LogP contribution in [0, 0.1) is 6.92 Å². The monoisotopic (exact) mass is 316 g/mol. The number of aryl methyl sites for hydroxylation is 1. The van der Waals surface area contributed by atoms with Gasteiger partial charge in [0.15, 0.2) is 0 Å². The average Bonchev–Trinajstić information content (AvgIpc) is 2.91. The van der Waals surface area contributed by atoms with E-state index in [0.29, 0.717) is 12.4 Å². The van der Waals surface area contributed by atoms with Gasteiger partial charge in [0.25, 0.3) is 0 Å². The van der Waals surface area contributed by atoms with Gasteiger partial charge in [-0.2, -0.15) is 0 Å². The van der Waals surface area contributed by atoms with Gasteiger partial charge in [-0.05, 0) is 33.3 Å². The molecule has 1 atom stereocenters. The number of benzene rings is 1. The Morgan fingerprint density at radius 1 is 1.30 bits per heavy atom. The topological polar surface area (TPSA) is 79.2 Å². The van der Waals surface area contributed by atoms with Gasteiger partial charge in [0.2, 0.25) is 5.88 Å². The number of amides is 2. The summed E-state index contributed by atoms with van der Waals surface area (Å²) in [7, 11) is 0. The number of nitrogens with one attached hydrogen (secondary N) is 3. The lowest BCUT2D eigenvalue weighted by Crippen LogP contribution is -2.50. The van der Waals surface area contributed by atoms with Crippen molar-refractivity contribution in [1.82, 2.24) is 15.8 Å². The molecule has 1 heterocycles. The van der Waals surface area contributed by atoms with Crippen molar-refractivity contribution < 1.29 is 9.32 Å². The van der Waals surface area contributed by atoms with Gasteiger partial charge in [0.05, 0.1) is 5.69 Å². The van der Waals surface area contributed by atoms with Crippen LogP contribution in [0.25, 0.3) is 0 Å². The molecule has 0 aliphatic rings. The van der Waals surface area contributed by atoms with Crippen LogP contribution in [-0.2, 0) is 0 Å². The fourth-order valence-corrected chi connectivity index (χ4v) is 2.34. The third-order valence-electron chi connectivity index (χ3n) is 3.46. The van der Waals surface area contributed by atoms with Crippen LogP contribution in [-0.4, -0.2) is 23.3 Å². The van der Waals surface area contributed by atoms with Crippen molar-refractivity contribution in [2.75, 3.05) is 11.9 Å². The van der Waals surface area contributed by atoms with E-state index >= 15 is 0 Å². The summed E-state index contributed by atoms with van der Waals surface area (Å²) >= 11 is 0. The van der Waals surface area contributed by atoms with Crippen LogP contribution < -0.4 is 16.0 Å². The maximum Gasteiger partial charge on any atom is 0.321 e. The van der Waals surface area contributed by atoms with Crippen LogP contribution in [0.2, 0.25) is 0 Å². The summed E-state index contributed by atoms with van der Waals surface area (Å²) in [5, 5.41) is 12.7. The minimum absolute atomic E-state index is 0.188. The summed E-state index contributed by atoms with van der Waals surface area (Å²) in [5.74, 6) is 0.336. The first-order valence-electron chi connectivity index (χ1n) is 7.66. The molecule has 6 heteroatoms. The van der Waals surface area contributed by atoms with Gasteiger partial charge in [-0.1, -0.05) is 35.5 Å². The molecule has 0 aliphatic heterocycles. The lowest BCUT2D eigenvalue weighted by atomic mass is 10.0. The highest BCUT2D eigenvalue weighted by atomic mass is 16.5. The van der Waals surface area contributed by atoms with Gasteiger partial charge in [-0.3, -0.25) is 5.32 Å². The van der Waals surface area contributed by atoms with E-state index in [-0.39, 0.29) is 17.6 Å². The Hall–Kier alpha value is -2.34.